The maximum absolute atomic E-state index is 13.3. The molecule has 0 radical (unpaired) electrons. The average molecular weight is 382 g/mol. The monoisotopic (exact) mass is 382 g/mol. The predicted octanol–water partition coefficient (Wildman–Crippen LogP) is 4.06. The largest absolute Gasteiger partial charge is 0.497 e. The highest BCUT2D eigenvalue weighted by Gasteiger charge is 2.55. The van der Waals surface area contributed by atoms with Crippen molar-refractivity contribution in [3.8, 4) is 5.75 Å². The molecule has 2 aromatic rings. The molecule has 1 atom stereocenters. The summed E-state index contributed by atoms with van der Waals surface area (Å²) in [5, 5.41) is 2.98. The van der Waals surface area contributed by atoms with Gasteiger partial charge in [0.05, 0.1) is 19.6 Å². The molecule has 2 aliphatic rings. The second kappa shape index (κ2) is 7.26. The number of anilines is 1. The van der Waals surface area contributed by atoms with Crippen LogP contribution in [-0.2, 0) is 9.59 Å². The summed E-state index contributed by atoms with van der Waals surface area (Å²) in [7, 11) is 1.59. The molecular formula is C22H23FN2O3. The van der Waals surface area contributed by atoms with Crippen LogP contribution in [0.3, 0.4) is 0 Å². The topological polar surface area (TPSA) is 58.6 Å². The van der Waals surface area contributed by atoms with E-state index in [2.05, 4.69) is 5.32 Å². The zero-order valence-corrected chi connectivity index (χ0v) is 15.8. The maximum Gasteiger partial charge on any atom is 0.250 e. The van der Waals surface area contributed by atoms with Crippen molar-refractivity contribution < 1.29 is 18.7 Å². The van der Waals surface area contributed by atoms with Crippen molar-refractivity contribution in [2.45, 2.75) is 43.7 Å². The second-order valence-electron chi connectivity index (χ2n) is 7.46. The molecule has 2 aromatic carbocycles. The molecule has 1 saturated heterocycles. The molecule has 28 heavy (non-hydrogen) atoms. The van der Waals surface area contributed by atoms with E-state index < -0.39 is 5.54 Å². The normalized spacial score (nSPS) is 20.6. The summed E-state index contributed by atoms with van der Waals surface area (Å²) < 4.78 is 18.4. The van der Waals surface area contributed by atoms with Gasteiger partial charge in [-0.05, 0) is 54.8 Å². The van der Waals surface area contributed by atoms with Gasteiger partial charge in [0.2, 0.25) is 11.8 Å². The average Bonchev–Trinajstić information content (AvgIpc) is 3.17. The number of β-lactam (4-membered cyclic amide) rings is 1. The number of amides is 2. The number of carbonyl (C=O) groups excluding carboxylic acids is 2. The van der Waals surface area contributed by atoms with Gasteiger partial charge in [0.15, 0.2) is 0 Å². The van der Waals surface area contributed by atoms with Crippen molar-refractivity contribution in [2.75, 3.05) is 12.4 Å². The molecule has 6 heteroatoms. The van der Waals surface area contributed by atoms with E-state index in [9.17, 15) is 14.0 Å². The Labute approximate surface area is 163 Å². The van der Waals surface area contributed by atoms with Gasteiger partial charge >= 0.3 is 0 Å². The SMILES string of the molecule is COc1ccc(NC(=O)C2(N3C(=O)CC3c3ccc(F)cc3)CCCC2)cc1. The number of ether oxygens (including phenoxy) is 1. The third-order valence-electron chi connectivity index (χ3n) is 5.87. The van der Waals surface area contributed by atoms with Gasteiger partial charge in [0.1, 0.15) is 17.1 Å². The number of carbonyl (C=O) groups is 2. The number of rotatable bonds is 5. The Balaban J connectivity index is 1.59. The number of hydrogen-bond acceptors (Lipinski definition) is 3. The smallest absolute Gasteiger partial charge is 0.250 e. The lowest BCUT2D eigenvalue weighted by atomic mass is 9.83. The third kappa shape index (κ3) is 3.13. The Morgan fingerprint density at radius 3 is 2.32 bits per heavy atom. The first-order valence-electron chi connectivity index (χ1n) is 9.57. The van der Waals surface area contributed by atoms with E-state index in [4.69, 9.17) is 4.74 Å². The van der Waals surface area contributed by atoms with Crippen molar-refractivity contribution in [2.24, 2.45) is 0 Å². The van der Waals surface area contributed by atoms with Gasteiger partial charge in [-0.2, -0.15) is 0 Å². The van der Waals surface area contributed by atoms with Crippen molar-refractivity contribution in [1.82, 2.24) is 4.90 Å². The summed E-state index contributed by atoms with van der Waals surface area (Å²) in [6, 6.07) is 13.1. The minimum atomic E-state index is -0.853. The molecule has 1 N–H and O–H groups in total. The van der Waals surface area contributed by atoms with Crippen molar-refractivity contribution >= 4 is 17.5 Å². The van der Waals surface area contributed by atoms with E-state index in [0.29, 0.717) is 30.7 Å². The molecule has 5 nitrogen and oxygen atoms in total. The van der Waals surface area contributed by atoms with Crippen LogP contribution in [0.15, 0.2) is 48.5 Å². The molecule has 0 aromatic heterocycles. The van der Waals surface area contributed by atoms with E-state index in [1.807, 2.05) is 0 Å². The summed E-state index contributed by atoms with van der Waals surface area (Å²) in [5.74, 6) is 0.216. The molecule has 2 amide bonds. The molecule has 0 spiro atoms. The highest BCUT2D eigenvalue weighted by molar-refractivity contribution is 6.02. The first-order valence-corrected chi connectivity index (χ1v) is 9.57. The van der Waals surface area contributed by atoms with Crippen molar-refractivity contribution in [1.29, 1.82) is 0 Å². The van der Waals surface area contributed by atoms with Gasteiger partial charge in [-0.25, -0.2) is 4.39 Å². The fourth-order valence-electron chi connectivity index (χ4n) is 4.36. The van der Waals surface area contributed by atoms with E-state index in [1.165, 1.54) is 12.1 Å². The van der Waals surface area contributed by atoms with Gasteiger partial charge < -0.3 is 15.0 Å². The Morgan fingerprint density at radius 1 is 1.11 bits per heavy atom. The first kappa shape index (κ1) is 18.5. The molecule has 0 bridgehead atoms. The first-order chi connectivity index (χ1) is 13.5. The molecular weight excluding hydrogens is 359 g/mol. The van der Waals surface area contributed by atoms with Crippen LogP contribution in [0.4, 0.5) is 10.1 Å². The highest BCUT2D eigenvalue weighted by atomic mass is 19.1. The number of likely N-dealkylation sites (tertiary alicyclic amines) is 1. The molecule has 1 aliphatic carbocycles. The number of methoxy groups -OCH3 is 1. The van der Waals surface area contributed by atoms with Crippen LogP contribution in [0.2, 0.25) is 0 Å². The zero-order valence-electron chi connectivity index (χ0n) is 15.8. The van der Waals surface area contributed by atoms with E-state index in [1.54, 1.807) is 48.4 Å². The van der Waals surface area contributed by atoms with Crippen LogP contribution < -0.4 is 10.1 Å². The van der Waals surface area contributed by atoms with Gasteiger partial charge in [0, 0.05) is 5.69 Å². The molecule has 1 aliphatic heterocycles. The lowest BCUT2D eigenvalue weighted by Gasteiger charge is -2.51. The van der Waals surface area contributed by atoms with Gasteiger partial charge in [-0.3, -0.25) is 9.59 Å². The summed E-state index contributed by atoms with van der Waals surface area (Å²) >= 11 is 0. The number of halogens is 1. The van der Waals surface area contributed by atoms with Crippen LogP contribution in [0.5, 0.6) is 5.75 Å². The number of benzene rings is 2. The van der Waals surface area contributed by atoms with Gasteiger partial charge in [-0.1, -0.05) is 25.0 Å². The van der Waals surface area contributed by atoms with Crippen molar-refractivity contribution in [3.05, 3.63) is 59.9 Å². The minimum absolute atomic E-state index is 0.0268. The summed E-state index contributed by atoms with van der Waals surface area (Å²) in [6.07, 6.45) is 3.42. The lowest BCUT2D eigenvalue weighted by molar-refractivity contribution is -0.163. The predicted molar refractivity (Wildman–Crippen MR) is 103 cm³/mol. The Bertz CT molecular complexity index is 874. The van der Waals surface area contributed by atoms with Crippen LogP contribution in [0, 0.1) is 5.82 Å². The van der Waals surface area contributed by atoms with Crippen LogP contribution in [-0.4, -0.2) is 29.4 Å². The van der Waals surface area contributed by atoms with Crippen LogP contribution >= 0.6 is 0 Å². The highest BCUT2D eigenvalue weighted by Crippen LogP contribution is 2.47. The molecule has 1 unspecified atom stereocenters. The molecule has 1 heterocycles. The second-order valence-corrected chi connectivity index (χ2v) is 7.46. The standard InChI is InChI=1S/C22H23FN2O3/c1-28-18-10-8-17(9-11-18)24-21(27)22(12-2-3-13-22)25-19(14-20(25)26)15-4-6-16(23)7-5-15/h4-11,19H,2-3,12-14H2,1H3,(H,24,27). The molecule has 2 fully saturated rings. The Kier molecular flexibility index (Phi) is 4.79. The Hall–Kier alpha value is -2.89. The number of hydrogen-bond donors (Lipinski definition) is 1. The maximum atomic E-state index is 13.3. The van der Waals surface area contributed by atoms with Gasteiger partial charge in [-0.15, -0.1) is 0 Å². The molecule has 1 saturated carbocycles. The Morgan fingerprint density at radius 2 is 1.75 bits per heavy atom. The lowest BCUT2D eigenvalue weighted by Crippen LogP contribution is -2.64. The summed E-state index contributed by atoms with van der Waals surface area (Å²) in [5.41, 5.74) is 0.682. The fraction of sp³-hybridized carbons (Fsp3) is 0.364. The quantitative estimate of drug-likeness (QED) is 0.794. The van der Waals surface area contributed by atoms with E-state index >= 15 is 0 Å². The summed E-state index contributed by atoms with van der Waals surface area (Å²) in [4.78, 5) is 27.6. The van der Waals surface area contributed by atoms with E-state index in [-0.39, 0.29) is 23.7 Å². The van der Waals surface area contributed by atoms with Gasteiger partial charge in [0.25, 0.3) is 0 Å². The van der Waals surface area contributed by atoms with E-state index in [0.717, 1.165) is 18.4 Å². The number of nitrogens with one attached hydrogen (secondary N) is 1. The van der Waals surface area contributed by atoms with Crippen LogP contribution in [0.1, 0.15) is 43.7 Å². The molecule has 4 rings (SSSR count). The molecule has 146 valence electrons. The van der Waals surface area contributed by atoms with Crippen molar-refractivity contribution in [3.63, 3.8) is 0 Å². The zero-order chi connectivity index (χ0) is 19.7. The fourth-order valence-corrected chi connectivity index (χ4v) is 4.36. The number of nitrogens with zero attached hydrogens (tertiary/aromatic N) is 1. The minimum Gasteiger partial charge on any atom is -0.497 e. The summed E-state index contributed by atoms with van der Waals surface area (Å²) in [6.45, 7) is 0. The third-order valence-corrected chi connectivity index (χ3v) is 5.87. The van der Waals surface area contributed by atoms with Crippen LogP contribution in [0.25, 0.3) is 0 Å².